The van der Waals surface area contributed by atoms with Crippen molar-refractivity contribution in [2.24, 2.45) is 0 Å². The number of morpholine rings is 1. The first-order valence-electron chi connectivity index (χ1n) is 10.1. The Hall–Kier alpha value is -2.93. The summed E-state index contributed by atoms with van der Waals surface area (Å²) in [5.41, 5.74) is 1.25. The van der Waals surface area contributed by atoms with Gasteiger partial charge in [0.15, 0.2) is 0 Å². The Morgan fingerprint density at radius 3 is 2.47 bits per heavy atom. The molecule has 9 heteroatoms. The number of ether oxygens (including phenoxy) is 2. The third-order valence-corrected chi connectivity index (χ3v) is 7.01. The molecule has 0 unspecified atom stereocenters. The predicted molar refractivity (Wildman–Crippen MR) is 117 cm³/mol. The SMILES string of the molecule is C#CCN(Cc1ccc(F)cc1)C(=O)Cc1ccc(OC)c(S(=O)(=O)N2CCOCC2)c1. The number of methoxy groups -OCH3 is 1. The number of carbonyl (C=O) groups is 1. The zero-order chi connectivity index (χ0) is 23.1. The number of amides is 1. The molecule has 7 nitrogen and oxygen atoms in total. The molecule has 1 heterocycles. The number of hydrogen-bond acceptors (Lipinski definition) is 5. The maximum absolute atomic E-state index is 13.2. The molecule has 2 aromatic carbocycles. The van der Waals surface area contributed by atoms with E-state index in [-0.39, 0.29) is 55.0 Å². The molecule has 1 fully saturated rings. The fourth-order valence-corrected chi connectivity index (χ4v) is 5.01. The number of hydrogen-bond donors (Lipinski definition) is 0. The van der Waals surface area contributed by atoms with Gasteiger partial charge in [-0.1, -0.05) is 24.1 Å². The summed E-state index contributed by atoms with van der Waals surface area (Å²) in [5.74, 6) is 2.03. The fraction of sp³-hybridized carbons (Fsp3) is 0.348. The van der Waals surface area contributed by atoms with Crippen LogP contribution in [0.15, 0.2) is 47.4 Å². The van der Waals surface area contributed by atoms with E-state index in [0.29, 0.717) is 18.8 Å². The molecule has 0 aromatic heterocycles. The molecule has 170 valence electrons. The number of rotatable bonds is 8. The Labute approximate surface area is 187 Å². The Balaban J connectivity index is 1.82. The van der Waals surface area contributed by atoms with Crippen LogP contribution in [0.2, 0.25) is 0 Å². The van der Waals surface area contributed by atoms with E-state index in [4.69, 9.17) is 15.9 Å². The van der Waals surface area contributed by atoms with E-state index in [2.05, 4.69) is 5.92 Å². The topological polar surface area (TPSA) is 76.2 Å². The van der Waals surface area contributed by atoms with Gasteiger partial charge in [-0.05, 0) is 35.4 Å². The summed E-state index contributed by atoms with van der Waals surface area (Å²) < 4.78 is 51.3. The maximum atomic E-state index is 13.2. The predicted octanol–water partition coefficient (Wildman–Crippen LogP) is 2.06. The standard InChI is InChI=1S/C23H25FN2O5S/c1-3-10-25(17-18-4-7-20(24)8-5-18)23(27)16-19-6-9-21(30-2)22(15-19)32(28,29)26-11-13-31-14-12-26/h1,4-9,15H,10-14,16-17H2,2H3. The molecule has 0 atom stereocenters. The minimum absolute atomic E-state index is 0.00855. The second kappa shape index (κ2) is 10.6. The molecular weight excluding hydrogens is 435 g/mol. The van der Waals surface area contributed by atoms with Gasteiger partial charge in [0, 0.05) is 19.6 Å². The van der Waals surface area contributed by atoms with E-state index in [1.54, 1.807) is 24.3 Å². The van der Waals surface area contributed by atoms with Gasteiger partial charge in [0.25, 0.3) is 0 Å². The molecule has 0 N–H and O–H groups in total. The molecule has 3 rings (SSSR count). The molecule has 1 amide bonds. The zero-order valence-corrected chi connectivity index (χ0v) is 18.6. The van der Waals surface area contributed by atoms with E-state index in [1.807, 2.05) is 0 Å². The molecule has 32 heavy (non-hydrogen) atoms. The summed E-state index contributed by atoms with van der Waals surface area (Å²) in [5, 5.41) is 0. The van der Waals surface area contributed by atoms with E-state index in [0.717, 1.165) is 5.56 Å². The van der Waals surface area contributed by atoms with Crippen LogP contribution in [0.3, 0.4) is 0 Å². The molecule has 1 aliphatic heterocycles. The van der Waals surface area contributed by atoms with Gasteiger partial charge in [-0.2, -0.15) is 4.31 Å². The zero-order valence-electron chi connectivity index (χ0n) is 17.8. The number of terminal acetylenes is 1. The Bertz CT molecular complexity index is 1090. The lowest BCUT2D eigenvalue weighted by molar-refractivity contribution is -0.130. The average molecular weight is 461 g/mol. The van der Waals surface area contributed by atoms with Gasteiger partial charge < -0.3 is 14.4 Å². The quantitative estimate of drug-likeness (QED) is 0.564. The lowest BCUT2D eigenvalue weighted by Crippen LogP contribution is -2.40. The van der Waals surface area contributed by atoms with Crippen molar-refractivity contribution in [3.8, 4) is 18.1 Å². The van der Waals surface area contributed by atoms with Crippen LogP contribution in [0.25, 0.3) is 0 Å². The summed E-state index contributed by atoms with van der Waals surface area (Å²) in [6.45, 7) is 1.45. The van der Waals surface area contributed by atoms with Crippen molar-refractivity contribution < 1.29 is 27.1 Å². The molecule has 0 radical (unpaired) electrons. The summed E-state index contributed by atoms with van der Waals surface area (Å²) in [6, 6.07) is 10.5. The van der Waals surface area contributed by atoms with Gasteiger partial charge in [0.1, 0.15) is 16.5 Å². The largest absolute Gasteiger partial charge is 0.495 e. The highest BCUT2D eigenvalue weighted by Crippen LogP contribution is 2.29. The van der Waals surface area contributed by atoms with Crippen molar-refractivity contribution in [2.75, 3.05) is 40.0 Å². The first-order chi connectivity index (χ1) is 15.3. The highest BCUT2D eigenvalue weighted by molar-refractivity contribution is 7.89. The minimum atomic E-state index is -3.81. The molecule has 0 aliphatic carbocycles. The van der Waals surface area contributed by atoms with Crippen LogP contribution in [-0.2, 0) is 32.5 Å². The molecule has 0 saturated carbocycles. The highest BCUT2D eigenvalue weighted by Gasteiger charge is 2.29. The maximum Gasteiger partial charge on any atom is 0.246 e. The van der Waals surface area contributed by atoms with E-state index >= 15 is 0 Å². The van der Waals surface area contributed by atoms with Crippen LogP contribution in [0.1, 0.15) is 11.1 Å². The van der Waals surface area contributed by atoms with E-state index in [9.17, 15) is 17.6 Å². The third kappa shape index (κ3) is 5.65. The van der Waals surface area contributed by atoms with Crippen LogP contribution in [-0.4, -0.2) is 63.5 Å². The van der Waals surface area contributed by atoms with Crippen LogP contribution >= 0.6 is 0 Å². The Morgan fingerprint density at radius 1 is 1.19 bits per heavy atom. The van der Waals surface area contributed by atoms with Gasteiger partial charge in [-0.25, -0.2) is 12.8 Å². The van der Waals surface area contributed by atoms with E-state index < -0.39 is 10.0 Å². The van der Waals surface area contributed by atoms with Gasteiger partial charge in [-0.15, -0.1) is 6.42 Å². The number of nitrogens with zero attached hydrogens (tertiary/aromatic N) is 2. The smallest absolute Gasteiger partial charge is 0.246 e. The Morgan fingerprint density at radius 2 is 1.84 bits per heavy atom. The summed E-state index contributed by atoms with van der Waals surface area (Å²) in [4.78, 5) is 14.4. The van der Waals surface area contributed by atoms with Gasteiger partial charge in [-0.3, -0.25) is 4.79 Å². The van der Waals surface area contributed by atoms with Crippen molar-refractivity contribution >= 4 is 15.9 Å². The summed E-state index contributed by atoms with van der Waals surface area (Å²) >= 11 is 0. The van der Waals surface area contributed by atoms with Crippen LogP contribution in [0, 0.1) is 18.2 Å². The van der Waals surface area contributed by atoms with Crippen molar-refractivity contribution in [2.45, 2.75) is 17.9 Å². The van der Waals surface area contributed by atoms with Crippen LogP contribution in [0.4, 0.5) is 4.39 Å². The van der Waals surface area contributed by atoms with Gasteiger partial charge >= 0.3 is 0 Å². The van der Waals surface area contributed by atoms with Crippen molar-refractivity contribution in [1.29, 1.82) is 0 Å². The first-order valence-corrected chi connectivity index (χ1v) is 11.5. The molecule has 1 aliphatic rings. The third-order valence-electron chi connectivity index (χ3n) is 5.09. The second-order valence-corrected chi connectivity index (χ2v) is 9.17. The molecule has 0 bridgehead atoms. The number of benzene rings is 2. The summed E-state index contributed by atoms with van der Waals surface area (Å²) in [6.07, 6.45) is 5.38. The van der Waals surface area contributed by atoms with Gasteiger partial charge in [0.05, 0.1) is 33.3 Å². The number of halogens is 1. The van der Waals surface area contributed by atoms with Crippen molar-refractivity contribution in [3.05, 3.63) is 59.4 Å². The molecule has 1 saturated heterocycles. The number of sulfonamides is 1. The molecular formula is C23H25FN2O5S. The lowest BCUT2D eigenvalue weighted by atomic mass is 10.1. The fourth-order valence-electron chi connectivity index (χ4n) is 3.40. The molecule has 0 spiro atoms. The summed E-state index contributed by atoms with van der Waals surface area (Å²) in [7, 11) is -2.41. The van der Waals surface area contributed by atoms with Crippen molar-refractivity contribution in [1.82, 2.24) is 9.21 Å². The van der Waals surface area contributed by atoms with Crippen molar-refractivity contribution in [3.63, 3.8) is 0 Å². The van der Waals surface area contributed by atoms with Crippen LogP contribution in [0.5, 0.6) is 5.75 Å². The highest BCUT2D eigenvalue weighted by atomic mass is 32.2. The van der Waals surface area contributed by atoms with Crippen LogP contribution < -0.4 is 4.74 Å². The Kier molecular flexibility index (Phi) is 7.85. The molecule has 2 aromatic rings. The number of carbonyl (C=O) groups excluding carboxylic acids is 1. The average Bonchev–Trinajstić information content (AvgIpc) is 2.80. The minimum Gasteiger partial charge on any atom is -0.495 e. The second-order valence-electron chi connectivity index (χ2n) is 7.26. The first kappa shape index (κ1) is 23.7. The normalized spacial score (nSPS) is 14.5. The van der Waals surface area contributed by atoms with Gasteiger partial charge in [0.2, 0.25) is 15.9 Å². The van der Waals surface area contributed by atoms with E-state index in [1.165, 1.54) is 34.5 Å². The monoisotopic (exact) mass is 460 g/mol. The lowest BCUT2D eigenvalue weighted by Gasteiger charge is -2.27.